The first kappa shape index (κ1) is 14.8. The van der Waals surface area contributed by atoms with Crippen LogP contribution in [-0.2, 0) is 14.6 Å². The van der Waals surface area contributed by atoms with Crippen molar-refractivity contribution >= 4 is 27.5 Å². The van der Waals surface area contributed by atoms with Crippen LogP contribution in [0.5, 0.6) is 0 Å². The molecule has 2 atom stereocenters. The van der Waals surface area contributed by atoms with Crippen molar-refractivity contribution in [3.63, 3.8) is 0 Å². The standard InChI is InChI=1S/C11H21NO3S2/c1-3-5-6-16-10-8-17(14,15)7-9(10)12-11(13)4-2/h9-10H,3-8H2,1-2H3,(H,12,13)/t9-,10-/m0/s1. The van der Waals surface area contributed by atoms with Crippen LogP contribution in [-0.4, -0.2) is 42.9 Å². The molecule has 0 unspecified atom stereocenters. The van der Waals surface area contributed by atoms with E-state index in [2.05, 4.69) is 12.2 Å². The van der Waals surface area contributed by atoms with Gasteiger partial charge in [0.05, 0.1) is 17.5 Å². The van der Waals surface area contributed by atoms with Crippen molar-refractivity contribution in [3.8, 4) is 0 Å². The first-order valence-electron chi connectivity index (χ1n) is 6.10. The second kappa shape index (κ2) is 6.64. The minimum absolute atomic E-state index is 0.0297. The molecule has 1 aliphatic heterocycles. The molecular formula is C11H21NO3S2. The highest BCUT2D eigenvalue weighted by Crippen LogP contribution is 2.25. The largest absolute Gasteiger partial charge is 0.351 e. The Balaban J connectivity index is 2.55. The third-order valence-corrected chi connectivity index (χ3v) is 6.19. The molecule has 1 saturated heterocycles. The molecule has 0 aromatic rings. The molecule has 0 bridgehead atoms. The summed E-state index contributed by atoms with van der Waals surface area (Å²) in [5.74, 6) is 1.21. The average Bonchev–Trinajstić information content (AvgIpc) is 2.53. The monoisotopic (exact) mass is 279 g/mol. The summed E-state index contributed by atoms with van der Waals surface area (Å²) in [6, 6.07) is -0.200. The number of unbranched alkanes of at least 4 members (excludes halogenated alkanes) is 1. The highest BCUT2D eigenvalue weighted by Gasteiger charge is 2.38. The van der Waals surface area contributed by atoms with Gasteiger partial charge in [0.2, 0.25) is 5.91 Å². The van der Waals surface area contributed by atoms with Gasteiger partial charge in [0.15, 0.2) is 9.84 Å². The number of carbonyl (C=O) groups excluding carboxylic acids is 1. The summed E-state index contributed by atoms with van der Waals surface area (Å²) in [6.45, 7) is 3.89. The van der Waals surface area contributed by atoms with Crippen LogP contribution in [0, 0.1) is 0 Å². The number of hydrogen-bond acceptors (Lipinski definition) is 4. The number of thioether (sulfide) groups is 1. The third kappa shape index (κ3) is 4.87. The van der Waals surface area contributed by atoms with Gasteiger partial charge in [0.25, 0.3) is 0 Å². The minimum Gasteiger partial charge on any atom is -0.351 e. The van der Waals surface area contributed by atoms with E-state index in [4.69, 9.17) is 0 Å². The van der Waals surface area contributed by atoms with Crippen LogP contribution >= 0.6 is 11.8 Å². The maximum atomic E-state index is 11.6. The highest BCUT2D eigenvalue weighted by molar-refractivity contribution is 8.01. The van der Waals surface area contributed by atoms with Crippen molar-refractivity contribution in [3.05, 3.63) is 0 Å². The van der Waals surface area contributed by atoms with Crippen LogP contribution in [0.4, 0.5) is 0 Å². The van der Waals surface area contributed by atoms with E-state index in [0.717, 1.165) is 18.6 Å². The molecule has 4 nitrogen and oxygen atoms in total. The molecular weight excluding hydrogens is 258 g/mol. The maximum Gasteiger partial charge on any atom is 0.219 e. The van der Waals surface area contributed by atoms with Crippen molar-refractivity contribution < 1.29 is 13.2 Å². The van der Waals surface area contributed by atoms with Gasteiger partial charge in [-0.1, -0.05) is 20.3 Å². The normalized spacial score (nSPS) is 26.9. The molecule has 1 fully saturated rings. The zero-order chi connectivity index (χ0) is 12.9. The lowest BCUT2D eigenvalue weighted by Gasteiger charge is -2.18. The Bertz CT molecular complexity index is 354. The number of sulfone groups is 1. The molecule has 1 heterocycles. The van der Waals surface area contributed by atoms with Crippen LogP contribution in [0.1, 0.15) is 33.1 Å². The Morgan fingerprint density at radius 2 is 2.06 bits per heavy atom. The molecule has 1 rings (SSSR count). The molecule has 0 aromatic heterocycles. The second-order valence-electron chi connectivity index (χ2n) is 4.37. The third-order valence-electron chi connectivity index (χ3n) is 2.80. The Kier molecular flexibility index (Phi) is 5.79. The number of carbonyl (C=O) groups is 1. The summed E-state index contributed by atoms with van der Waals surface area (Å²) in [5, 5.41) is 2.85. The molecule has 17 heavy (non-hydrogen) atoms. The van der Waals surface area contributed by atoms with E-state index in [1.807, 2.05) is 0 Å². The van der Waals surface area contributed by atoms with E-state index in [-0.39, 0.29) is 28.7 Å². The SMILES string of the molecule is CCCCS[C@H]1CS(=O)(=O)C[C@@H]1NC(=O)CC. The van der Waals surface area contributed by atoms with Crippen LogP contribution in [0.25, 0.3) is 0 Å². The van der Waals surface area contributed by atoms with Crippen molar-refractivity contribution in [1.29, 1.82) is 0 Å². The molecule has 100 valence electrons. The molecule has 6 heteroatoms. The molecule has 0 aliphatic carbocycles. The summed E-state index contributed by atoms with van der Waals surface area (Å²) in [5.41, 5.74) is 0. The van der Waals surface area contributed by atoms with Crippen LogP contribution in [0.2, 0.25) is 0 Å². The molecule has 0 radical (unpaired) electrons. The lowest BCUT2D eigenvalue weighted by Crippen LogP contribution is -2.41. The fourth-order valence-electron chi connectivity index (χ4n) is 1.80. The van der Waals surface area contributed by atoms with Crippen molar-refractivity contribution in [1.82, 2.24) is 5.32 Å². The molecule has 1 aliphatic rings. The van der Waals surface area contributed by atoms with Crippen molar-refractivity contribution in [2.24, 2.45) is 0 Å². The van der Waals surface area contributed by atoms with Crippen molar-refractivity contribution in [2.45, 2.75) is 44.4 Å². The smallest absolute Gasteiger partial charge is 0.219 e. The van der Waals surface area contributed by atoms with Gasteiger partial charge >= 0.3 is 0 Å². The summed E-state index contributed by atoms with van der Waals surface area (Å²) in [6.07, 6.45) is 2.61. The van der Waals surface area contributed by atoms with E-state index < -0.39 is 9.84 Å². The highest BCUT2D eigenvalue weighted by atomic mass is 32.2. The number of hydrogen-bond donors (Lipinski definition) is 1. The van der Waals surface area contributed by atoms with Crippen LogP contribution in [0.15, 0.2) is 0 Å². The van der Waals surface area contributed by atoms with Gasteiger partial charge in [-0.2, -0.15) is 11.8 Å². The van der Waals surface area contributed by atoms with Gasteiger partial charge in [-0.05, 0) is 12.2 Å². The average molecular weight is 279 g/mol. The van der Waals surface area contributed by atoms with Crippen molar-refractivity contribution in [2.75, 3.05) is 17.3 Å². The first-order valence-corrected chi connectivity index (χ1v) is 8.97. The van der Waals surface area contributed by atoms with E-state index in [9.17, 15) is 13.2 Å². The van der Waals surface area contributed by atoms with Gasteiger partial charge < -0.3 is 5.32 Å². The van der Waals surface area contributed by atoms with Gasteiger partial charge in [-0.25, -0.2) is 8.42 Å². The van der Waals surface area contributed by atoms with Gasteiger partial charge in [0.1, 0.15) is 0 Å². The summed E-state index contributed by atoms with van der Waals surface area (Å²) in [7, 11) is -2.97. The first-order chi connectivity index (χ1) is 7.98. The molecule has 1 N–H and O–H groups in total. The Labute approximate surface area is 108 Å². The fourth-order valence-corrected chi connectivity index (χ4v) is 5.82. The van der Waals surface area contributed by atoms with Gasteiger partial charge in [-0.15, -0.1) is 0 Å². The van der Waals surface area contributed by atoms with E-state index in [0.29, 0.717) is 6.42 Å². The lowest BCUT2D eigenvalue weighted by atomic mass is 10.2. The Morgan fingerprint density at radius 3 is 2.65 bits per heavy atom. The van der Waals surface area contributed by atoms with E-state index >= 15 is 0 Å². The number of rotatable bonds is 6. The van der Waals surface area contributed by atoms with Crippen LogP contribution in [0.3, 0.4) is 0 Å². The van der Waals surface area contributed by atoms with E-state index in [1.165, 1.54) is 0 Å². The summed E-state index contributed by atoms with van der Waals surface area (Å²) < 4.78 is 23.2. The molecule has 1 amide bonds. The maximum absolute atomic E-state index is 11.6. The Hall–Kier alpha value is -0.230. The quantitative estimate of drug-likeness (QED) is 0.742. The predicted octanol–water partition coefficient (Wildman–Crippen LogP) is 1.21. The Morgan fingerprint density at radius 1 is 1.35 bits per heavy atom. The summed E-state index contributed by atoms with van der Waals surface area (Å²) >= 11 is 1.68. The number of amides is 1. The predicted molar refractivity (Wildman–Crippen MR) is 72.0 cm³/mol. The lowest BCUT2D eigenvalue weighted by molar-refractivity contribution is -0.121. The molecule has 0 spiro atoms. The summed E-state index contributed by atoms with van der Waals surface area (Å²) in [4.78, 5) is 11.3. The van der Waals surface area contributed by atoms with Crippen LogP contribution < -0.4 is 5.32 Å². The van der Waals surface area contributed by atoms with E-state index in [1.54, 1.807) is 18.7 Å². The topological polar surface area (TPSA) is 63.2 Å². The fraction of sp³-hybridized carbons (Fsp3) is 0.909. The zero-order valence-electron chi connectivity index (χ0n) is 10.4. The minimum atomic E-state index is -2.97. The number of nitrogens with one attached hydrogen (secondary N) is 1. The zero-order valence-corrected chi connectivity index (χ0v) is 12.1. The second-order valence-corrected chi connectivity index (χ2v) is 7.87. The molecule has 0 saturated carbocycles. The van der Waals surface area contributed by atoms with Gasteiger partial charge in [-0.3, -0.25) is 4.79 Å². The van der Waals surface area contributed by atoms with Gasteiger partial charge in [0, 0.05) is 11.7 Å². The molecule has 0 aromatic carbocycles.